The lowest BCUT2D eigenvalue weighted by Crippen LogP contribution is -2.27. The lowest BCUT2D eigenvalue weighted by molar-refractivity contribution is -0.137. The van der Waals surface area contributed by atoms with E-state index in [1.54, 1.807) is 12.1 Å². The zero-order valence-corrected chi connectivity index (χ0v) is 16.8. The van der Waals surface area contributed by atoms with E-state index in [1.807, 2.05) is 4.89 Å². The highest BCUT2D eigenvalue weighted by molar-refractivity contribution is 7.89. The second-order valence-corrected chi connectivity index (χ2v) is 8.19. The van der Waals surface area contributed by atoms with Crippen LogP contribution in [0.4, 0.5) is 13.2 Å². The van der Waals surface area contributed by atoms with Crippen LogP contribution in [-0.4, -0.2) is 22.8 Å². The summed E-state index contributed by atoms with van der Waals surface area (Å²) in [6, 6.07) is 10.9. The first kappa shape index (κ1) is 20.8. The Hall–Kier alpha value is -3.44. The monoisotopic (exact) mass is 448 g/mol. The lowest BCUT2D eigenvalue weighted by atomic mass is 9.98. The van der Waals surface area contributed by atoms with Crippen molar-refractivity contribution in [1.82, 2.24) is 19.3 Å². The summed E-state index contributed by atoms with van der Waals surface area (Å²) < 4.78 is 67.5. The topological polar surface area (TPSA) is 85.6 Å². The molecule has 4 aromatic rings. The van der Waals surface area contributed by atoms with Crippen LogP contribution >= 0.6 is 0 Å². The van der Waals surface area contributed by atoms with Crippen LogP contribution in [0.3, 0.4) is 0 Å². The molecule has 0 aliphatic heterocycles. The summed E-state index contributed by atoms with van der Waals surface area (Å²) in [5.41, 5.74) is -0.876. The molecule has 0 amide bonds. The molecule has 0 aliphatic carbocycles. The first-order valence-electron chi connectivity index (χ1n) is 8.91. The molecule has 2 heterocycles. The Morgan fingerprint density at radius 2 is 1.77 bits per heavy atom. The van der Waals surface area contributed by atoms with Crippen molar-refractivity contribution in [1.29, 1.82) is 0 Å². The molecule has 4 rings (SSSR count). The zero-order chi connectivity index (χ0) is 22.2. The van der Waals surface area contributed by atoms with Crippen LogP contribution in [0.5, 0.6) is 5.75 Å². The van der Waals surface area contributed by atoms with Crippen molar-refractivity contribution in [2.75, 3.05) is 0 Å². The Morgan fingerprint density at radius 3 is 2.48 bits per heavy atom. The highest BCUT2D eigenvalue weighted by atomic mass is 32.2. The summed E-state index contributed by atoms with van der Waals surface area (Å²) >= 11 is 0. The summed E-state index contributed by atoms with van der Waals surface area (Å²) in [5, 5.41) is 0. The van der Waals surface area contributed by atoms with Gasteiger partial charge < -0.3 is 4.84 Å². The van der Waals surface area contributed by atoms with Gasteiger partial charge in [-0.05, 0) is 42.1 Å². The SMILES string of the molecule is Cc1c(ONS(=O)(=O)c2ccccc2)ccc(C(F)(F)F)c1-c1cnc2ncccn12. The molecule has 31 heavy (non-hydrogen) atoms. The number of imidazole rings is 1. The molecule has 0 spiro atoms. The normalized spacial score (nSPS) is 12.3. The van der Waals surface area contributed by atoms with E-state index in [2.05, 4.69) is 9.97 Å². The van der Waals surface area contributed by atoms with Crippen LogP contribution in [0, 0.1) is 6.92 Å². The first-order chi connectivity index (χ1) is 14.7. The summed E-state index contributed by atoms with van der Waals surface area (Å²) in [4.78, 5) is 15.2. The smallest absolute Gasteiger partial charge is 0.393 e. The summed E-state index contributed by atoms with van der Waals surface area (Å²) in [6.45, 7) is 1.41. The molecule has 0 radical (unpaired) electrons. The Labute approximate surface area is 175 Å². The molecule has 1 N–H and O–H groups in total. The van der Waals surface area contributed by atoms with Gasteiger partial charge in [-0.25, -0.2) is 18.4 Å². The number of sulfonamides is 1. The third kappa shape index (κ3) is 3.97. The minimum atomic E-state index is -4.66. The van der Waals surface area contributed by atoms with Gasteiger partial charge in [0.25, 0.3) is 10.0 Å². The Bertz CT molecular complexity index is 1350. The number of rotatable bonds is 5. The number of fused-ring (bicyclic) bond motifs is 1. The van der Waals surface area contributed by atoms with Gasteiger partial charge in [0, 0.05) is 23.5 Å². The van der Waals surface area contributed by atoms with Gasteiger partial charge >= 0.3 is 6.18 Å². The molecule has 0 aliphatic rings. The molecule has 0 unspecified atom stereocenters. The Morgan fingerprint density at radius 1 is 1.03 bits per heavy atom. The summed E-state index contributed by atoms with van der Waals surface area (Å²) in [5.74, 6) is 0.141. The van der Waals surface area contributed by atoms with Gasteiger partial charge in [0.05, 0.1) is 22.3 Å². The maximum atomic E-state index is 13.8. The van der Waals surface area contributed by atoms with Gasteiger partial charge in [0.2, 0.25) is 5.78 Å². The van der Waals surface area contributed by atoms with Crippen molar-refractivity contribution >= 4 is 15.8 Å². The average molecular weight is 448 g/mol. The second-order valence-electron chi connectivity index (χ2n) is 6.54. The molecule has 0 saturated heterocycles. The maximum Gasteiger partial charge on any atom is 0.417 e. The average Bonchev–Trinajstić information content (AvgIpc) is 3.16. The maximum absolute atomic E-state index is 13.8. The molecule has 0 fully saturated rings. The highest BCUT2D eigenvalue weighted by Crippen LogP contribution is 2.41. The number of halogens is 3. The Kier molecular flexibility index (Phi) is 5.15. The first-order valence-corrected chi connectivity index (χ1v) is 10.4. The van der Waals surface area contributed by atoms with Crippen LogP contribution in [0.15, 0.2) is 72.0 Å². The standard InChI is InChI=1S/C20H15F3N4O3S/c1-13-17(30-26-31(28,29)14-6-3-2-4-7-14)9-8-15(20(21,22)23)18(13)16-12-25-19-24-10-5-11-27(16)19/h2-12,26H,1H3. The predicted molar refractivity (Wildman–Crippen MR) is 106 cm³/mol. The molecular formula is C20H15F3N4O3S. The fourth-order valence-corrected chi connectivity index (χ4v) is 3.94. The number of nitrogens with zero attached hydrogens (tertiary/aromatic N) is 3. The van der Waals surface area contributed by atoms with E-state index in [4.69, 9.17) is 4.84 Å². The largest absolute Gasteiger partial charge is 0.417 e. The fourth-order valence-electron chi connectivity index (χ4n) is 3.13. The van der Waals surface area contributed by atoms with Crippen LogP contribution in [0.2, 0.25) is 0 Å². The second kappa shape index (κ2) is 7.67. The van der Waals surface area contributed by atoms with Crippen molar-refractivity contribution in [2.45, 2.75) is 18.0 Å². The van der Waals surface area contributed by atoms with Crippen LogP contribution in [0.1, 0.15) is 11.1 Å². The molecule has 160 valence electrons. The molecule has 0 saturated carbocycles. The van der Waals surface area contributed by atoms with E-state index in [0.717, 1.165) is 12.1 Å². The molecular weight excluding hydrogens is 433 g/mol. The van der Waals surface area contributed by atoms with Crippen molar-refractivity contribution in [3.8, 4) is 17.0 Å². The fraction of sp³-hybridized carbons (Fsp3) is 0.100. The van der Waals surface area contributed by atoms with Gasteiger partial charge in [0.15, 0.2) is 5.75 Å². The molecule has 0 bridgehead atoms. The van der Waals surface area contributed by atoms with Gasteiger partial charge in [0.1, 0.15) is 0 Å². The molecule has 2 aromatic carbocycles. The quantitative estimate of drug-likeness (QED) is 0.467. The number of alkyl halides is 3. The molecule has 0 atom stereocenters. The number of aromatic nitrogens is 3. The highest BCUT2D eigenvalue weighted by Gasteiger charge is 2.36. The van der Waals surface area contributed by atoms with Crippen LogP contribution in [0.25, 0.3) is 17.0 Å². The molecule has 2 aromatic heterocycles. The van der Waals surface area contributed by atoms with Gasteiger partial charge in [-0.3, -0.25) is 4.40 Å². The van der Waals surface area contributed by atoms with Crippen molar-refractivity contribution in [2.24, 2.45) is 0 Å². The van der Waals surface area contributed by atoms with Crippen molar-refractivity contribution < 1.29 is 26.4 Å². The zero-order valence-electron chi connectivity index (χ0n) is 16.0. The van der Waals surface area contributed by atoms with Gasteiger partial charge in [-0.1, -0.05) is 18.2 Å². The predicted octanol–water partition coefficient (Wildman–Crippen LogP) is 4.00. The summed E-state index contributed by atoms with van der Waals surface area (Å²) in [7, 11) is -4.04. The van der Waals surface area contributed by atoms with E-state index in [9.17, 15) is 21.6 Å². The van der Waals surface area contributed by atoms with Crippen molar-refractivity contribution in [3.05, 3.63) is 78.2 Å². The van der Waals surface area contributed by atoms with Gasteiger partial charge in [-0.2, -0.15) is 13.2 Å². The van der Waals surface area contributed by atoms with E-state index in [0.29, 0.717) is 0 Å². The lowest BCUT2D eigenvalue weighted by Gasteiger charge is -2.18. The molecule has 7 nitrogen and oxygen atoms in total. The van der Waals surface area contributed by atoms with E-state index >= 15 is 0 Å². The molecule has 11 heteroatoms. The Balaban J connectivity index is 1.79. The van der Waals surface area contributed by atoms with Crippen LogP contribution in [-0.2, 0) is 16.2 Å². The minimum Gasteiger partial charge on any atom is -0.393 e. The van der Waals surface area contributed by atoms with E-state index in [1.165, 1.54) is 54.2 Å². The number of hydrogen-bond acceptors (Lipinski definition) is 5. The van der Waals surface area contributed by atoms with Gasteiger partial charge in [-0.15, -0.1) is 0 Å². The van der Waals surface area contributed by atoms with Crippen molar-refractivity contribution in [3.63, 3.8) is 0 Å². The van der Waals surface area contributed by atoms with E-state index in [-0.39, 0.29) is 33.2 Å². The number of hydrogen-bond donors (Lipinski definition) is 1. The van der Waals surface area contributed by atoms with Crippen LogP contribution < -0.4 is 9.72 Å². The number of benzene rings is 2. The third-order valence-electron chi connectivity index (χ3n) is 4.58. The third-order valence-corrected chi connectivity index (χ3v) is 5.78. The van der Waals surface area contributed by atoms with E-state index < -0.39 is 21.8 Å². The minimum absolute atomic E-state index is 0.0485. The number of nitrogens with one attached hydrogen (secondary N) is 1. The summed E-state index contributed by atoms with van der Waals surface area (Å²) in [6.07, 6.45) is -0.371.